The summed E-state index contributed by atoms with van der Waals surface area (Å²) in [5, 5.41) is 0. The minimum atomic E-state index is 0.138. The van der Waals surface area contributed by atoms with Gasteiger partial charge in [0.05, 0.1) is 0 Å². The van der Waals surface area contributed by atoms with E-state index in [0.29, 0.717) is 0 Å². The van der Waals surface area contributed by atoms with Crippen LogP contribution in [0, 0.1) is 0 Å². The van der Waals surface area contributed by atoms with Gasteiger partial charge in [0, 0.05) is 25.2 Å². The fourth-order valence-corrected chi connectivity index (χ4v) is 2.82. The summed E-state index contributed by atoms with van der Waals surface area (Å²) in [6.07, 6.45) is 4.00. The lowest BCUT2D eigenvalue weighted by Crippen LogP contribution is -2.30. The van der Waals surface area contributed by atoms with Gasteiger partial charge in [0.15, 0.2) is 0 Å². The monoisotopic (exact) mass is 274 g/mol. The van der Waals surface area contributed by atoms with Gasteiger partial charge in [0.1, 0.15) is 0 Å². The first-order valence-corrected chi connectivity index (χ1v) is 7.85. The van der Waals surface area contributed by atoms with Crippen molar-refractivity contribution >= 4 is 5.91 Å². The third-order valence-electron chi connectivity index (χ3n) is 4.11. The van der Waals surface area contributed by atoms with Crippen molar-refractivity contribution in [3.8, 4) is 0 Å². The van der Waals surface area contributed by atoms with Crippen molar-refractivity contribution in [2.24, 2.45) is 0 Å². The van der Waals surface area contributed by atoms with Crippen molar-refractivity contribution in [3.63, 3.8) is 0 Å². The zero-order valence-electron chi connectivity index (χ0n) is 12.8. The van der Waals surface area contributed by atoms with Crippen LogP contribution in [0.25, 0.3) is 0 Å². The van der Waals surface area contributed by atoms with Gasteiger partial charge in [-0.05, 0) is 57.5 Å². The number of rotatable bonds is 5. The Labute approximate surface area is 122 Å². The third kappa shape index (κ3) is 3.83. The molecule has 1 aromatic carbocycles. The van der Waals surface area contributed by atoms with Crippen molar-refractivity contribution in [1.29, 1.82) is 0 Å². The van der Waals surface area contributed by atoms with E-state index in [1.165, 1.54) is 37.9 Å². The standard InChI is InChI=1S/C17H26N2O/c1-3-19(4-2)17(20)16-10-8-15(9-11-16)14-18-12-6-5-7-13-18/h8-11H,3-7,12-14H2,1-2H3. The molecule has 0 N–H and O–H groups in total. The lowest BCUT2D eigenvalue weighted by Gasteiger charge is -2.26. The Morgan fingerprint density at radius 1 is 1.05 bits per heavy atom. The van der Waals surface area contributed by atoms with Crippen LogP contribution in [0.5, 0.6) is 0 Å². The van der Waals surface area contributed by atoms with E-state index in [1.54, 1.807) is 0 Å². The second-order valence-electron chi connectivity index (χ2n) is 5.51. The van der Waals surface area contributed by atoms with Crippen LogP contribution in [0.2, 0.25) is 0 Å². The highest BCUT2D eigenvalue weighted by atomic mass is 16.2. The molecule has 3 heteroatoms. The van der Waals surface area contributed by atoms with E-state index in [4.69, 9.17) is 0 Å². The lowest BCUT2D eigenvalue weighted by atomic mass is 10.1. The summed E-state index contributed by atoms with van der Waals surface area (Å²) in [5.74, 6) is 0.138. The van der Waals surface area contributed by atoms with Crippen molar-refractivity contribution in [2.45, 2.75) is 39.7 Å². The number of hydrogen-bond acceptors (Lipinski definition) is 2. The predicted octanol–water partition coefficient (Wildman–Crippen LogP) is 3.15. The average molecular weight is 274 g/mol. The van der Waals surface area contributed by atoms with Crippen molar-refractivity contribution < 1.29 is 4.79 Å². The molecule has 0 saturated carbocycles. The second-order valence-corrected chi connectivity index (χ2v) is 5.51. The molecule has 0 unspecified atom stereocenters. The van der Waals surface area contributed by atoms with Crippen LogP contribution in [0.15, 0.2) is 24.3 Å². The van der Waals surface area contributed by atoms with Crippen LogP contribution in [-0.2, 0) is 6.54 Å². The van der Waals surface area contributed by atoms with Gasteiger partial charge in [-0.3, -0.25) is 9.69 Å². The molecule has 110 valence electrons. The summed E-state index contributed by atoms with van der Waals surface area (Å²) in [4.78, 5) is 16.6. The summed E-state index contributed by atoms with van der Waals surface area (Å²) < 4.78 is 0. The van der Waals surface area contributed by atoms with Gasteiger partial charge in [0.2, 0.25) is 0 Å². The number of carbonyl (C=O) groups excluding carboxylic acids is 1. The van der Waals surface area contributed by atoms with Crippen molar-refractivity contribution in [2.75, 3.05) is 26.2 Å². The molecular weight excluding hydrogens is 248 g/mol. The molecule has 1 heterocycles. The molecule has 0 atom stereocenters. The number of likely N-dealkylation sites (tertiary alicyclic amines) is 1. The van der Waals surface area contributed by atoms with Gasteiger partial charge in [0.25, 0.3) is 5.91 Å². The zero-order chi connectivity index (χ0) is 14.4. The van der Waals surface area contributed by atoms with E-state index < -0.39 is 0 Å². The summed E-state index contributed by atoms with van der Waals surface area (Å²) in [7, 11) is 0. The Balaban J connectivity index is 1.96. The number of benzene rings is 1. The van der Waals surface area contributed by atoms with E-state index in [1.807, 2.05) is 30.9 Å². The van der Waals surface area contributed by atoms with Crippen LogP contribution < -0.4 is 0 Å². The van der Waals surface area contributed by atoms with Crippen LogP contribution in [0.1, 0.15) is 49.0 Å². The quantitative estimate of drug-likeness (QED) is 0.823. The van der Waals surface area contributed by atoms with Gasteiger partial charge in [-0.15, -0.1) is 0 Å². The van der Waals surface area contributed by atoms with Crippen LogP contribution in [0.4, 0.5) is 0 Å². The second kappa shape index (κ2) is 7.44. The summed E-state index contributed by atoms with van der Waals surface area (Å²) in [6.45, 7) is 9.01. The number of carbonyl (C=O) groups is 1. The minimum absolute atomic E-state index is 0.138. The van der Waals surface area contributed by atoms with Gasteiger partial charge in [-0.1, -0.05) is 18.6 Å². The normalized spacial score (nSPS) is 16.1. The SMILES string of the molecule is CCN(CC)C(=O)c1ccc(CN2CCCCC2)cc1. The van der Waals surface area contributed by atoms with Gasteiger partial charge in [-0.25, -0.2) is 0 Å². The van der Waals surface area contributed by atoms with Gasteiger partial charge >= 0.3 is 0 Å². The van der Waals surface area contributed by atoms with Gasteiger partial charge < -0.3 is 4.90 Å². The molecule has 0 spiro atoms. The van der Waals surface area contributed by atoms with E-state index in [0.717, 1.165) is 25.2 Å². The first-order chi connectivity index (χ1) is 9.74. The molecule has 0 aromatic heterocycles. The van der Waals surface area contributed by atoms with E-state index >= 15 is 0 Å². The average Bonchev–Trinajstić information content (AvgIpc) is 2.50. The molecule has 1 aliphatic heterocycles. The van der Waals surface area contributed by atoms with Crippen molar-refractivity contribution in [3.05, 3.63) is 35.4 Å². The van der Waals surface area contributed by atoms with Crippen LogP contribution >= 0.6 is 0 Å². The molecule has 1 aliphatic rings. The molecule has 1 amide bonds. The highest BCUT2D eigenvalue weighted by Gasteiger charge is 2.13. The van der Waals surface area contributed by atoms with Crippen LogP contribution in [-0.4, -0.2) is 41.9 Å². The molecule has 1 saturated heterocycles. The maximum absolute atomic E-state index is 12.2. The third-order valence-corrected chi connectivity index (χ3v) is 4.11. The summed E-state index contributed by atoms with van der Waals surface area (Å²) >= 11 is 0. The molecule has 3 nitrogen and oxygen atoms in total. The Hall–Kier alpha value is -1.35. The fraction of sp³-hybridized carbons (Fsp3) is 0.588. The first-order valence-electron chi connectivity index (χ1n) is 7.85. The van der Waals surface area contributed by atoms with E-state index in [-0.39, 0.29) is 5.91 Å². The van der Waals surface area contributed by atoms with E-state index in [9.17, 15) is 4.79 Å². The first kappa shape index (κ1) is 15.0. The summed E-state index contributed by atoms with van der Waals surface area (Å²) in [5.41, 5.74) is 2.11. The fourth-order valence-electron chi connectivity index (χ4n) is 2.82. The smallest absolute Gasteiger partial charge is 0.253 e. The minimum Gasteiger partial charge on any atom is -0.339 e. The van der Waals surface area contributed by atoms with Gasteiger partial charge in [-0.2, -0.15) is 0 Å². The molecular formula is C17H26N2O. The highest BCUT2D eigenvalue weighted by molar-refractivity contribution is 5.94. The number of piperidine rings is 1. The zero-order valence-corrected chi connectivity index (χ0v) is 12.8. The lowest BCUT2D eigenvalue weighted by molar-refractivity contribution is 0.0773. The van der Waals surface area contributed by atoms with Crippen molar-refractivity contribution in [1.82, 2.24) is 9.80 Å². The Bertz CT molecular complexity index is 417. The molecule has 0 bridgehead atoms. The molecule has 20 heavy (non-hydrogen) atoms. The van der Waals surface area contributed by atoms with E-state index in [2.05, 4.69) is 17.0 Å². The Morgan fingerprint density at radius 2 is 1.65 bits per heavy atom. The largest absolute Gasteiger partial charge is 0.339 e. The number of hydrogen-bond donors (Lipinski definition) is 0. The Kier molecular flexibility index (Phi) is 5.60. The Morgan fingerprint density at radius 3 is 2.20 bits per heavy atom. The summed E-state index contributed by atoms with van der Waals surface area (Å²) in [6, 6.07) is 8.15. The molecule has 2 rings (SSSR count). The predicted molar refractivity (Wildman–Crippen MR) is 82.8 cm³/mol. The maximum Gasteiger partial charge on any atom is 0.253 e. The highest BCUT2D eigenvalue weighted by Crippen LogP contribution is 2.14. The number of amides is 1. The number of nitrogens with zero attached hydrogens (tertiary/aromatic N) is 2. The topological polar surface area (TPSA) is 23.6 Å². The molecule has 0 aliphatic carbocycles. The molecule has 1 fully saturated rings. The van der Waals surface area contributed by atoms with Crippen LogP contribution in [0.3, 0.4) is 0 Å². The molecule has 1 aromatic rings. The molecule has 0 radical (unpaired) electrons. The maximum atomic E-state index is 12.2.